The van der Waals surface area contributed by atoms with Crippen molar-refractivity contribution >= 4 is 16.7 Å². The first kappa shape index (κ1) is 17.7. The molecule has 26 heavy (non-hydrogen) atoms. The van der Waals surface area contributed by atoms with Gasteiger partial charge in [-0.25, -0.2) is 4.79 Å². The summed E-state index contributed by atoms with van der Waals surface area (Å²) >= 11 is 0. The van der Waals surface area contributed by atoms with E-state index < -0.39 is 11.6 Å². The number of hydrogen-bond acceptors (Lipinski definition) is 4. The zero-order valence-electron chi connectivity index (χ0n) is 15.0. The molecule has 0 saturated carbocycles. The highest BCUT2D eigenvalue weighted by Gasteiger charge is 2.30. The number of pyridine rings is 1. The van der Waals surface area contributed by atoms with Crippen LogP contribution in [0, 0.1) is 0 Å². The highest BCUT2D eigenvalue weighted by molar-refractivity contribution is 5.91. The molecule has 0 radical (unpaired) electrons. The van der Waals surface area contributed by atoms with E-state index in [1.54, 1.807) is 25.6 Å². The summed E-state index contributed by atoms with van der Waals surface area (Å²) in [5.41, 5.74) is 0.600. The molecule has 1 N–H and O–H groups in total. The highest BCUT2D eigenvalue weighted by atomic mass is 16.5. The second-order valence-corrected chi connectivity index (χ2v) is 6.55. The van der Waals surface area contributed by atoms with E-state index in [9.17, 15) is 9.90 Å². The third-order valence-corrected chi connectivity index (χ3v) is 4.31. The topological polar surface area (TPSA) is 68.7 Å². The predicted molar refractivity (Wildman–Crippen MR) is 99.9 cm³/mol. The van der Waals surface area contributed by atoms with Crippen LogP contribution in [0.25, 0.3) is 10.8 Å². The number of hydrogen-bond donors (Lipinski definition) is 1. The summed E-state index contributed by atoms with van der Waals surface area (Å²) in [5, 5.41) is 11.4. The Hall–Kier alpha value is -3.08. The van der Waals surface area contributed by atoms with E-state index >= 15 is 0 Å². The number of methoxy groups -OCH3 is 1. The van der Waals surface area contributed by atoms with E-state index in [4.69, 9.17) is 9.47 Å². The van der Waals surface area contributed by atoms with Crippen molar-refractivity contribution in [2.24, 2.45) is 0 Å². The number of carbonyl (C=O) groups is 1. The number of nitrogens with zero attached hydrogens (tertiary/aromatic N) is 1. The molecule has 5 nitrogen and oxygen atoms in total. The largest absolute Gasteiger partial charge is 0.496 e. The van der Waals surface area contributed by atoms with E-state index in [2.05, 4.69) is 4.98 Å². The molecule has 1 heterocycles. The molecule has 2 aromatic carbocycles. The van der Waals surface area contributed by atoms with Crippen molar-refractivity contribution in [3.63, 3.8) is 0 Å². The van der Waals surface area contributed by atoms with Crippen molar-refractivity contribution in [1.29, 1.82) is 0 Å². The molecule has 0 aliphatic rings. The molecule has 134 valence electrons. The fraction of sp³-hybridized carbons (Fsp3) is 0.238. The minimum atomic E-state index is -1.32. The molecule has 0 saturated heterocycles. The van der Waals surface area contributed by atoms with Crippen LogP contribution in [0.15, 0.2) is 54.9 Å². The third kappa shape index (κ3) is 3.47. The Labute approximate surface area is 152 Å². The first-order chi connectivity index (χ1) is 12.4. The summed E-state index contributed by atoms with van der Waals surface area (Å²) < 4.78 is 11.2. The molecule has 0 fully saturated rings. The van der Waals surface area contributed by atoms with Gasteiger partial charge in [-0.05, 0) is 36.9 Å². The zero-order chi connectivity index (χ0) is 18.7. The summed E-state index contributed by atoms with van der Waals surface area (Å²) in [5.74, 6) is 0.321. The minimum absolute atomic E-state index is 0.521. The molecule has 0 atom stereocenters. The Morgan fingerprint density at radius 1 is 1.04 bits per heavy atom. The van der Waals surface area contributed by atoms with Gasteiger partial charge in [-0.1, -0.05) is 30.3 Å². The number of aliphatic carboxylic acids is 1. The molecule has 3 rings (SSSR count). The lowest BCUT2D eigenvalue weighted by atomic mass is 9.98. The van der Waals surface area contributed by atoms with Crippen LogP contribution in [-0.4, -0.2) is 28.8 Å². The molecule has 3 aromatic rings. The van der Waals surface area contributed by atoms with Gasteiger partial charge in [-0.2, -0.15) is 0 Å². The summed E-state index contributed by atoms with van der Waals surface area (Å²) in [6, 6.07) is 13.7. The van der Waals surface area contributed by atoms with Crippen molar-refractivity contribution < 1.29 is 19.4 Å². The van der Waals surface area contributed by atoms with Crippen molar-refractivity contribution in [2.45, 2.75) is 25.9 Å². The Morgan fingerprint density at radius 3 is 2.46 bits per heavy atom. The molecule has 1 aromatic heterocycles. The van der Waals surface area contributed by atoms with Gasteiger partial charge in [-0.15, -0.1) is 0 Å². The SMILES string of the molecule is COc1ccc(Cc2cnccc2OC(C)(C)C(=O)O)c2ccccc12. The third-order valence-electron chi connectivity index (χ3n) is 4.31. The summed E-state index contributed by atoms with van der Waals surface area (Å²) in [6.45, 7) is 3.06. The van der Waals surface area contributed by atoms with E-state index in [-0.39, 0.29) is 0 Å². The number of carboxylic acids is 1. The monoisotopic (exact) mass is 351 g/mol. The number of fused-ring (bicyclic) bond motifs is 1. The first-order valence-electron chi connectivity index (χ1n) is 8.32. The Kier molecular flexibility index (Phi) is 4.80. The molecular weight excluding hydrogens is 330 g/mol. The van der Waals surface area contributed by atoms with Crippen LogP contribution < -0.4 is 9.47 Å². The van der Waals surface area contributed by atoms with Gasteiger partial charge in [0.2, 0.25) is 0 Å². The molecule has 0 unspecified atom stereocenters. The zero-order valence-corrected chi connectivity index (χ0v) is 15.0. The fourth-order valence-electron chi connectivity index (χ4n) is 2.84. The van der Waals surface area contributed by atoms with Crippen molar-refractivity contribution in [3.8, 4) is 11.5 Å². The second-order valence-electron chi connectivity index (χ2n) is 6.55. The maximum Gasteiger partial charge on any atom is 0.347 e. The van der Waals surface area contributed by atoms with Gasteiger partial charge < -0.3 is 14.6 Å². The minimum Gasteiger partial charge on any atom is -0.496 e. The van der Waals surface area contributed by atoms with E-state index in [1.165, 1.54) is 13.8 Å². The van der Waals surface area contributed by atoms with Gasteiger partial charge in [-0.3, -0.25) is 4.98 Å². The van der Waals surface area contributed by atoms with Crippen LogP contribution in [0.2, 0.25) is 0 Å². The number of ether oxygens (including phenoxy) is 2. The van der Waals surface area contributed by atoms with Crippen LogP contribution >= 0.6 is 0 Å². The maximum absolute atomic E-state index is 11.4. The van der Waals surface area contributed by atoms with Crippen LogP contribution in [0.5, 0.6) is 11.5 Å². The Morgan fingerprint density at radius 2 is 1.77 bits per heavy atom. The smallest absolute Gasteiger partial charge is 0.347 e. The number of aromatic nitrogens is 1. The maximum atomic E-state index is 11.4. The van der Waals surface area contributed by atoms with Gasteiger partial charge >= 0.3 is 5.97 Å². The van der Waals surface area contributed by atoms with Crippen molar-refractivity contribution in [2.75, 3.05) is 7.11 Å². The van der Waals surface area contributed by atoms with Gasteiger partial charge in [0.05, 0.1) is 7.11 Å². The van der Waals surface area contributed by atoms with Crippen LogP contribution in [0.3, 0.4) is 0 Å². The van der Waals surface area contributed by atoms with Crippen LogP contribution in [0.1, 0.15) is 25.0 Å². The summed E-state index contributed by atoms with van der Waals surface area (Å²) in [7, 11) is 1.66. The van der Waals surface area contributed by atoms with Gasteiger partial charge in [0.15, 0.2) is 5.60 Å². The molecule has 0 bridgehead atoms. The standard InChI is InChI=1S/C21H21NO4/c1-21(2,20(23)24)26-18-10-11-22-13-15(18)12-14-8-9-19(25-3)17-7-5-4-6-16(14)17/h4-11,13H,12H2,1-3H3,(H,23,24). The quantitative estimate of drug-likeness (QED) is 0.725. The molecule has 0 aliphatic heterocycles. The van der Waals surface area contributed by atoms with Gasteiger partial charge in [0.25, 0.3) is 0 Å². The second kappa shape index (κ2) is 7.04. The van der Waals surface area contributed by atoms with Gasteiger partial charge in [0, 0.05) is 29.8 Å². The average Bonchev–Trinajstić information content (AvgIpc) is 2.63. The lowest BCUT2D eigenvalue weighted by Gasteiger charge is -2.23. The molecule has 0 aliphatic carbocycles. The summed E-state index contributed by atoms with van der Waals surface area (Å²) in [4.78, 5) is 15.6. The predicted octanol–water partition coefficient (Wildman–Crippen LogP) is 4.08. The first-order valence-corrected chi connectivity index (χ1v) is 8.32. The van der Waals surface area contributed by atoms with E-state index in [0.29, 0.717) is 12.2 Å². The van der Waals surface area contributed by atoms with Crippen LogP contribution in [-0.2, 0) is 11.2 Å². The highest BCUT2D eigenvalue weighted by Crippen LogP contribution is 2.32. The van der Waals surface area contributed by atoms with Gasteiger partial charge in [0.1, 0.15) is 11.5 Å². The number of benzene rings is 2. The molecule has 5 heteroatoms. The van der Waals surface area contributed by atoms with Crippen molar-refractivity contribution in [3.05, 3.63) is 66.0 Å². The fourth-order valence-corrected chi connectivity index (χ4v) is 2.84. The lowest BCUT2D eigenvalue weighted by Crippen LogP contribution is -2.38. The number of rotatable bonds is 6. The molecule has 0 spiro atoms. The lowest BCUT2D eigenvalue weighted by molar-refractivity contribution is -0.152. The van der Waals surface area contributed by atoms with E-state index in [1.807, 2.05) is 36.4 Å². The average molecular weight is 351 g/mol. The Balaban J connectivity index is 2.01. The van der Waals surface area contributed by atoms with Crippen LogP contribution in [0.4, 0.5) is 0 Å². The molecular formula is C21H21NO4. The number of carboxylic acid groups (broad SMARTS) is 1. The summed E-state index contributed by atoms with van der Waals surface area (Å²) in [6.07, 6.45) is 3.89. The van der Waals surface area contributed by atoms with E-state index in [0.717, 1.165) is 27.6 Å². The van der Waals surface area contributed by atoms with Crippen molar-refractivity contribution in [1.82, 2.24) is 4.98 Å². The Bertz CT molecular complexity index is 950. The molecule has 0 amide bonds. The normalized spacial score (nSPS) is 11.3.